The number of hydrogen-bond donors (Lipinski definition) is 2. The molecule has 0 radical (unpaired) electrons. The normalized spacial score (nSPS) is 11.8. The van der Waals surface area contributed by atoms with Crippen molar-refractivity contribution >= 4 is 21.1 Å². The van der Waals surface area contributed by atoms with E-state index in [4.69, 9.17) is 5.14 Å². The predicted octanol–water partition coefficient (Wildman–Crippen LogP) is 3.68. The number of nitrogens with one attached hydrogen (secondary N) is 1. The molecule has 130 valence electrons. The molecule has 1 heterocycles. The van der Waals surface area contributed by atoms with E-state index in [0.717, 1.165) is 11.0 Å². The van der Waals surface area contributed by atoms with Crippen LogP contribution in [0.25, 0.3) is 33.3 Å². The number of rotatable bonds is 3. The fourth-order valence-electron chi connectivity index (χ4n) is 2.97. The van der Waals surface area contributed by atoms with E-state index in [-0.39, 0.29) is 4.90 Å². The lowest BCUT2D eigenvalue weighted by Gasteiger charge is -2.10. The van der Waals surface area contributed by atoms with Crippen molar-refractivity contribution in [2.24, 2.45) is 5.14 Å². The number of aromatic nitrogens is 2. The van der Waals surface area contributed by atoms with Crippen LogP contribution in [0, 0.1) is 5.82 Å². The minimum Gasteiger partial charge on any atom is -0.345 e. The standard InChI is InChI=1S/C19H14FN3O2S/c20-16-9-12(15-3-1-2-4-19(15)26(21,24)25)5-7-14(16)13-6-8-17-18(10-13)23-11-22-17/h1-11H,(H,22,23)(H2,21,24,25). The highest BCUT2D eigenvalue weighted by atomic mass is 32.2. The Morgan fingerprint density at radius 1 is 0.923 bits per heavy atom. The van der Waals surface area contributed by atoms with E-state index in [9.17, 15) is 12.8 Å². The van der Waals surface area contributed by atoms with Crippen molar-refractivity contribution in [2.75, 3.05) is 0 Å². The molecule has 1 aromatic heterocycles. The van der Waals surface area contributed by atoms with Crippen LogP contribution >= 0.6 is 0 Å². The van der Waals surface area contributed by atoms with E-state index in [2.05, 4.69) is 9.97 Å². The lowest BCUT2D eigenvalue weighted by Crippen LogP contribution is -2.13. The summed E-state index contributed by atoms with van der Waals surface area (Å²) >= 11 is 0. The highest BCUT2D eigenvalue weighted by Crippen LogP contribution is 2.31. The summed E-state index contributed by atoms with van der Waals surface area (Å²) < 4.78 is 38.3. The van der Waals surface area contributed by atoms with Gasteiger partial charge in [0.1, 0.15) is 5.82 Å². The first-order chi connectivity index (χ1) is 12.4. The Balaban J connectivity index is 1.82. The van der Waals surface area contributed by atoms with E-state index in [1.807, 2.05) is 12.1 Å². The van der Waals surface area contributed by atoms with Crippen LogP contribution in [-0.4, -0.2) is 18.4 Å². The molecule has 5 nitrogen and oxygen atoms in total. The van der Waals surface area contributed by atoms with Gasteiger partial charge in [0.15, 0.2) is 0 Å². The number of H-pyrrole nitrogens is 1. The highest BCUT2D eigenvalue weighted by Gasteiger charge is 2.16. The minimum absolute atomic E-state index is 0.0361. The Labute approximate surface area is 149 Å². The maximum absolute atomic E-state index is 14.8. The molecular weight excluding hydrogens is 353 g/mol. The smallest absolute Gasteiger partial charge is 0.238 e. The average Bonchev–Trinajstić information content (AvgIpc) is 3.08. The Bertz CT molecular complexity index is 1230. The topological polar surface area (TPSA) is 88.8 Å². The van der Waals surface area contributed by atoms with Crippen LogP contribution < -0.4 is 5.14 Å². The van der Waals surface area contributed by atoms with Gasteiger partial charge in [-0.3, -0.25) is 0 Å². The van der Waals surface area contributed by atoms with E-state index in [1.165, 1.54) is 12.1 Å². The van der Waals surface area contributed by atoms with Crippen molar-refractivity contribution in [3.63, 3.8) is 0 Å². The van der Waals surface area contributed by atoms with Crippen LogP contribution in [-0.2, 0) is 10.0 Å². The van der Waals surface area contributed by atoms with Gasteiger partial charge in [0.25, 0.3) is 0 Å². The number of sulfonamides is 1. The summed E-state index contributed by atoms with van der Waals surface area (Å²) in [6.45, 7) is 0. The molecule has 0 spiro atoms. The number of imidazole rings is 1. The molecule has 0 bridgehead atoms. The second kappa shape index (κ2) is 6.05. The largest absolute Gasteiger partial charge is 0.345 e. The van der Waals surface area contributed by atoms with Gasteiger partial charge in [0.05, 0.1) is 22.3 Å². The molecule has 4 aromatic rings. The number of hydrogen-bond acceptors (Lipinski definition) is 3. The Hall–Kier alpha value is -3.03. The molecule has 0 saturated heterocycles. The lowest BCUT2D eigenvalue weighted by atomic mass is 9.99. The second-order valence-corrected chi connectivity index (χ2v) is 7.40. The monoisotopic (exact) mass is 367 g/mol. The molecule has 7 heteroatoms. The van der Waals surface area contributed by atoms with Crippen molar-refractivity contribution < 1.29 is 12.8 Å². The van der Waals surface area contributed by atoms with E-state index in [1.54, 1.807) is 42.7 Å². The fraction of sp³-hybridized carbons (Fsp3) is 0. The molecule has 0 saturated carbocycles. The lowest BCUT2D eigenvalue weighted by molar-refractivity contribution is 0.598. The first-order valence-electron chi connectivity index (χ1n) is 7.79. The van der Waals surface area contributed by atoms with E-state index in [0.29, 0.717) is 22.3 Å². The first-order valence-corrected chi connectivity index (χ1v) is 9.33. The van der Waals surface area contributed by atoms with Gasteiger partial charge in [-0.25, -0.2) is 22.9 Å². The van der Waals surface area contributed by atoms with Crippen molar-refractivity contribution in [1.29, 1.82) is 0 Å². The summed E-state index contributed by atoms with van der Waals surface area (Å²) in [6.07, 6.45) is 1.58. The van der Waals surface area contributed by atoms with Gasteiger partial charge in [-0.2, -0.15) is 0 Å². The van der Waals surface area contributed by atoms with Gasteiger partial charge in [0.2, 0.25) is 10.0 Å². The second-order valence-electron chi connectivity index (χ2n) is 5.87. The first kappa shape index (κ1) is 16.4. The van der Waals surface area contributed by atoms with Gasteiger partial charge in [-0.1, -0.05) is 36.4 Å². The SMILES string of the molecule is NS(=O)(=O)c1ccccc1-c1ccc(-c2ccc3nc[nH]c3c2)c(F)c1. The fourth-order valence-corrected chi connectivity index (χ4v) is 3.73. The molecule has 0 amide bonds. The Morgan fingerprint density at radius 3 is 2.42 bits per heavy atom. The van der Waals surface area contributed by atoms with Crippen LogP contribution in [0.3, 0.4) is 0 Å². The van der Waals surface area contributed by atoms with E-state index >= 15 is 0 Å². The van der Waals surface area contributed by atoms with Gasteiger partial charge in [0, 0.05) is 11.1 Å². The number of nitrogens with two attached hydrogens (primary N) is 1. The van der Waals surface area contributed by atoms with Gasteiger partial charge in [-0.15, -0.1) is 0 Å². The maximum atomic E-state index is 14.8. The maximum Gasteiger partial charge on any atom is 0.238 e. The predicted molar refractivity (Wildman–Crippen MR) is 98.3 cm³/mol. The number of halogens is 1. The summed E-state index contributed by atoms with van der Waals surface area (Å²) in [4.78, 5) is 7.10. The van der Waals surface area contributed by atoms with Crippen molar-refractivity contribution in [3.05, 3.63) is 72.8 Å². The quantitative estimate of drug-likeness (QED) is 0.579. The molecule has 3 aromatic carbocycles. The molecule has 0 atom stereocenters. The van der Waals surface area contributed by atoms with Crippen molar-refractivity contribution in [2.45, 2.75) is 4.90 Å². The number of primary sulfonamides is 1. The molecular formula is C19H14FN3O2S. The Morgan fingerprint density at radius 2 is 1.65 bits per heavy atom. The third kappa shape index (κ3) is 2.87. The molecule has 26 heavy (non-hydrogen) atoms. The van der Waals surface area contributed by atoms with Gasteiger partial charge < -0.3 is 4.98 Å². The van der Waals surface area contributed by atoms with Crippen LogP contribution in [0.5, 0.6) is 0 Å². The summed E-state index contributed by atoms with van der Waals surface area (Å²) in [6, 6.07) is 16.3. The molecule has 4 rings (SSSR count). The van der Waals surface area contributed by atoms with E-state index < -0.39 is 15.8 Å². The van der Waals surface area contributed by atoms with Crippen LogP contribution in [0.15, 0.2) is 71.9 Å². The van der Waals surface area contributed by atoms with Gasteiger partial charge in [-0.05, 0) is 35.4 Å². The summed E-state index contributed by atoms with van der Waals surface area (Å²) in [5.41, 5.74) is 3.53. The number of nitrogens with zero attached hydrogens (tertiary/aromatic N) is 1. The van der Waals surface area contributed by atoms with Crippen molar-refractivity contribution in [3.8, 4) is 22.3 Å². The van der Waals surface area contributed by atoms with Crippen LogP contribution in [0.4, 0.5) is 4.39 Å². The average molecular weight is 367 g/mol. The zero-order chi connectivity index (χ0) is 18.3. The molecule has 0 aliphatic carbocycles. The molecule has 3 N–H and O–H groups in total. The number of benzene rings is 3. The number of fused-ring (bicyclic) bond motifs is 1. The third-order valence-corrected chi connectivity index (χ3v) is 5.17. The molecule has 0 aliphatic heterocycles. The Kier molecular flexibility index (Phi) is 3.82. The molecule has 0 aliphatic rings. The zero-order valence-corrected chi connectivity index (χ0v) is 14.3. The minimum atomic E-state index is -3.91. The van der Waals surface area contributed by atoms with Crippen molar-refractivity contribution in [1.82, 2.24) is 9.97 Å². The zero-order valence-electron chi connectivity index (χ0n) is 13.5. The van der Waals surface area contributed by atoms with Gasteiger partial charge >= 0.3 is 0 Å². The molecule has 0 fully saturated rings. The van der Waals surface area contributed by atoms with Crippen LogP contribution in [0.1, 0.15) is 0 Å². The third-order valence-electron chi connectivity index (χ3n) is 4.20. The highest BCUT2D eigenvalue weighted by molar-refractivity contribution is 7.89. The number of aromatic amines is 1. The summed E-state index contributed by atoms with van der Waals surface area (Å²) in [5.74, 6) is -0.453. The van der Waals surface area contributed by atoms with Crippen LogP contribution in [0.2, 0.25) is 0 Å². The molecule has 0 unspecified atom stereocenters. The summed E-state index contributed by atoms with van der Waals surface area (Å²) in [7, 11) is -3.91. The summed E-state index contributed by atoms with van der Waals surface area (Å²) in [5, 5.41) is 5.27.